The van der Waals surface area contributed by atoms with Gasteiger partial charge in [0.05, 0.1) is 28.6 Å². The zero-order chi connectivity index (χ0) is 13.6. The van der Waals surface area contributed by atoms with E-state index >= 15 is 0 Å². The molecule has 0 amide bonds. The van der Waals surface area contributed by atoms with Gasteiger partial charge in [-0.1, -0.05) is 6.07 Å². The predicted octanol–water partition coefficient (Wildman–Crippen LogP) is 1.76. The first-order valence-electron chi connectivity index (χ1n) is 6.35. The van der Waals surface area contributed by atoms with Crippen LogP contribution in [-0.2, 0) is 0 Å². The van der Waals surface area contributed by atoms with Crippen molar-refractivity contribution in [3.05, 3.63) is 34.2 Å². The molecule has 3 rings (SSSR count). The SMILES string of the molecule is CN(C)C(c1ccc2[nH]c(=O)[nH]c2c1)C1(C#N)CC1. The van der Waals surface area contributed by atoms with Crippen LogP contribution in [0.4, 0.5) is 0 Å². The average molecular weight is 256 g/mol. The minimum absolute atomic E-state index is 0.0697. The molecule has 0 aliphatic heterocycles. The van der Waals surface area contributed by atoms with E-state index in [1.807, 2.05) is 32.3 Å². The third-order valence-electron chi connectivity index (χ3n) is 3.91. The van der Waals surface area contributed by atoms with Gasteiger partial charge in [0, 0.05) is 0 Å². The fourth-order valence-electron chi connectivity index (χ4n) is 2.91. The Balaban J connectivity index is 2.10. The highest BCUT2D eigenvalue weighted by atomic mass is 16.1. The third-order valence-corrected chi connectivity index (χ3v) is 3.91. The molecule has 1 aliphatic rings. The van der Waals surface area contributed by atoms with Crippen LogP contribution in [0, 0.1) is 16.7 Å². The molecular weight excluding hydrogens is 240 g/mol. The minimum atomic E-state index is -0.270. The van der Waals surface area contributed by atoms with Gasteiger partial charge >= 0.3 is 5.69 Å². The van der Waals surface area contributed by atoms with E-state index in [0.29, 0.717) is 0 Å². The summed E-state index contributed by atoms with van der Waals surface area (Å²) in [6.07, 6.45) is 1.88. The Morgan fingerprint density at radius 3 is 2.58 bits per heavy atom. The topological polar surface area (TPSA) is 75.7 Å². The summed E-state index contributed by atoms with van der Waals surface area (Å²) in [5.41, 5.74) is 2.20. The molecule has 0 bridgehead atoms. The van der Waals surface area contributed by atoms with Crippen molar-refractivity contribution >= 4 is 11.0 Å². The van der Waals surface area contributed by atoms with Gasteiger partial charge in [0.25, 0.3) is 0 Å². The maximum atomic E-state index is 11.3. The number of aromatic nitrogens is 2. The molecule has 0 radical (unpaired) electrons. The summed E-state index contributed by atoms with van der Waals surface area (Å²) in [6, 6.07) is 8.39. The van der Waals surface area contributed by atoms with E-state index in [1.54, 1.807) is 0 Å². The van der Waals surface area contributed by atoms with Crippen LogP contribution >= 0.6 is 0 Å². The fourth-order valence-corrected chi connectivity index (χ4v) is 2.91. The molecule has 1 saturated carbocycles. The largest absolute Gasteiger partial charge is 0.323 e. The number of nitriles is 1. The lowest BCUT2D eigenvalue weighted by Gasteiger charge is -2.28. The maximum Gasteiger partial charge on any atom is 0.323 e. The summed E-state index contributed by atoms with van der Waals surface area (Å²) >= 11 is 0. The molecule has 98 valence electrons. The number of hydrogen-bond acceptors (Lipinski definition) is 3. The van der Waals surface area contributed by atoms with E-state index in [2.05, 4.69) is 20.9 Å². The molecule has 19 heavy (non-hydrogen) atoms. The monoisotopic (exact) mass is 256 g/mol. The Hall–Kier alpha value is -2.06. The first-order valence-corrected chi connectivity index (χ1v) is 6.35. The molecule has 0 spiro atoms. The standard InChI is InChI=1S/C14H16N4O/c1-18(2)12(14(8-15)5-6-14)9-3-4-10-11(7-9)17-13(19)16-10/h3-4,7,12H,5-6H2,1-2H3,(H2,16,17,19). The van der Waals surface area contributed by atoms with E-state index in [0.717, 1.165) is 29.4 Å². The number of rotatable bonds is 3. The molecule has 1 aromatic carbocycles. The van der Waals surface area contributed by atoms with Gasteiger partial charge in [0.2, 0.25) is 0 Å². The van der Waals surface area contributed by atoms with E-state index in [4.69, 9.17) is 0 Å². The van der Waals surface area contributed by atoms with Crippen molar-refractivity contribution in [2.75, 3.05) is 14.1 Å². The normalized spacial score (nSPS) is 18.4. The lowest BCUT2D eigenvalue weighted by Crippen LogP contribution is -2.27. The van der Waals surface area contributed by atoms with E-state index in [-0.39, 0.29) is 17.1 Å². The zero-order valence-electron chi connectivity index (χ0n) is 11.0. The Bertz CT molecular complexity index is 715. The van der Waals surface area contributed by atoms with Crippen LogP contribution in [0.2, 0.25) is 0 Å². The highest BCUT2D eigenvalue weighted by Crippen LogP contribution is 2.56. The van der Waals surface area contributed by atoms with Gasteiger partial charge in [-0.3, -0.25) is 0 Å². The highest BCUT2D eigenvalue weighted by molar-refractivity contribution is 5.75. The molecule has 2 N–H and O–H groups in total. The number of aromatic amines is 2. The lowest BCUT2D eigenvalue weighted by atomic mass is 9.90. The van der Waals surface area contributed by atoms with Gasteiger partial charge in [-0.05, 0) is 44.6 Å². The molecule has 1 heterocycles. The summed E-state index contributed by atoms with van der Waals surface area (Å²) in [7, 11) is 3.98. The number of nitrogens with zero attached hydrogens (tertiary/aromatic N) is 2. The van der Waals surface area contributed by atoms with Crippen molar-refractivity contribution in [2.24, 2.45) is 5.41 Å². The lowest BCUT2D eigenvalue weighted by molar-refractivity contribution is 0.232. The minimum Gasteiger partial charge on any atom is -0.306 e. The zero-order valence-corrected chi connectivity index (χ0v) is 11.0. The molecular formula is C14H16N4O. The van der Waals surface area contributed by atoms with Crippen LogP contribution in [0.1, 0.15) is 24.4 Å². The summed E-state index contributed by atoms with van der Waals surface area (Å²) in [4.78, 5) is 18.9. The Kier molecular flexibility index (Phi) is 2.51. The first kappa shape index (κ1) is 12.0. The third kappa shape index (κ3) is 1.85. The Morgan fingerprint density at radius 1 is 1.32 bits per heavy atom. The molecule has 1 atom stereocenters. The second-order valence-corrected chi connectivity index (χ2v) is 5.52. The van der Waals surface area contributed by atoms with Crippen molar-refractivity contribution in [3.63, 3.8) is 0 Å². The van der Waals surface area contributed by atoms with Gasteiger partial charge < -0.3 is 14.9 Å². The quantitative estimate of drug-likeness (QED) is 0.878. The summed E-state index contributed by atoms with van der Waals surface area (Å²) in [6.45, 7) is 0. The number of fused-ring (bicyclic) bond motifs is 1. The first-order chi connectivity index (χ1) is 9.05. The number of benzene rings is 1. The predicted molar refractivity (Wildman–Crippen MR) is 72.6 cm³/mol. The number of imidazole rings is 1. The second-order valence-electron chi connectivity index (χ2n) is 5.52. The van der Waals surface area contributed by atoms with Crippen LogP contribution in [0.3, 0.4) is 0 Å². The molecule has 1 aliphatic carbocycles. The Morgan fingerprint density at radius 2 is 2.00 bits per heavy atom. The molecule has 5 nitrogen and oxygen atoms in total. The number of hydrogen-bond donors (Lipinski definition) is 2. The summed E-state index contributed by atoms with van der Waals surface area (Å²) < 4.78 is 0. The van der Waals surface area contributed by atoms with Crippen LogP contribution in [0.5, 0.6) is 0 Å². The highest BCUT2D eigenvalue weighted by Gasteiger charge is 2.51. The smallest absolute Gasteiger partial charge is 0.306 e. The number of H-pyrrole nitrogens is 2. The summed E-state index contributed by atoms with van der Waals surface area (Å²) in [5.74, 6) is 0. The van der Waals surface area contributed by atoms with Crippen LogP contribution in [0.15, 0.2) is 23.0 Å². The van der Waals surface area contributed by atoms with Gasteiger partial charge in [0.1, 0.15) is 0 Å². The molecule has 5 heteroatoms. The van der Waals surface area contributed by atoms with Crippen molar-refractivity contribution in [1.82, 2.24) is 14.9 Å². The molecule has 0 saturated heterocycles. The van der Waals surface area contributed by atoms with Crippen molar-refractivity contribution in [1.29, 1.82) is 5.26 Å². The van der Waals surface area contributed by atoms with Gasteiger partial charge in [-0.25, -0.2) is 4.79 Å². The van der Waals surface area contributed by atoms with Crippen LogP contribution in [-0.4, -0.2) is 29.0 Å². The molecule has 1 unspecified atom stereocenters. The fraction of sp³-hybridized carbons (Fsp3) is 0.429. The van der Waals surface area contributed by atoms with Crippen molar-refractivity contribution in [3.8, 4) is 6.07 Å². The number of nitrogens with one attached hydrogen (secondary N) is 2. The van der Waals surface area contributed by atoms with E-state index in [1.165, 1.54) is 0 Å². The molecule has 1 fully saturated rings. The molecule has 2 aromatic rings. The maximum absolute atomic E-state index is 11.3. The van der Waals surface area contributed by atoms with E-state index < -0.39 is 0 Å². The average Bonchev–Trinajstić information content (AvgIpc) is 3.04. The second kappa shape index (κ2) is 3.97. The van der Waals surface area contributed by atoms with Gasteiger partial charge in [0.15, 0.2) is 0 Å². The van der Waals surface area contributed by atoms with Gasteiger partial charge in [-0.15, -0.1) is 0 Å². The summed E-state index contributed by atoms with van der Waals surface area (Å²) in [5, 5.41) is 9.41. The van der Waals surface area contributed by atoms with E-state index in [9.17, 15) is 10.1 Å². The molecule has 1 aromatic heterocycles. The van der Waals surface area contributed by atoms with Crippen LogP contribution < -0.4 is 5.69 Å². The Labute approximate surface area is 110 Å². The van der Waals surface area contributed by atoms with Crippen molar-refractivity contribution < 1.29 is 0 Å². The van der Waals surface area contributed by atoms with Crippen LogP contribution in [0.25, 0.3) is 11.0 Å². The van der Waals surface area contributed by atoms with Crippen molar-refractivity contribution in [2.45, 2.75) is 18.9 Å². The van der Waals surface area contributed by atoms with Gasteiger partial charge in [-0.2, -0.15) is 5.26 Å².